The zero-order chi connectivity index (χ0) is 18.8. The van der Waals surface area contributed by atoms with Gasteiger partial charge < -0.3 is 9.47 Å². The number of hydrogen-bond acceptors (Lipinski definition) is 2. The maximum atomic E-state index is 13.3. The van der Waals surface area contributed by atoms with Crippen molar-refractivity contribution in [3.05, 3.63) is 89.3 Å². The molecule has 3 aromatic rings. The number of carbonyl (C=O) groups is 1. The minimum absolute atomic E-state index is 0.0368. The van der Waals surface area contributed by atoms with Gasteiger partial charge in [0.1, 0.15) is 11.6 Å². The van der Waals surface area contributed by atoms with E-state index in [9.17, 15) is 9.18 Å². The highest BCUT2D eigenvalue weighted by Gasteiger charge is 2.34. The number of benzene rings is 2. The fourth-order valence-electron chi connectivity index (χ4n) is 3.56. The molecule has 27 heavy (non-hydrogen) atoms. The molecule has 1 amide bonds. The molecule has 0 spiro atoms. The Morgan fingerprint density at radius 2 is 1.85 bits per heavy atom. The zero-order valence-electron chi connectivity index (χ0n) is 15.3. The van der Waals surface area contributed by atoms with Gasteiger partial charge in [-0.2, -0.15) is 0 Å². The molecule has 1 aromatic heterocycles. The van der Waals surface area contributed by atoms with Crippen LogP contribution in [0, 0.1) is 12.7 Å². The number of likely N-dealkylation sites (tertiary alicyclic amines) is 1. The van der Waals surface area contributed by atoms with Gasteiger partial charge in [-0.3, -0.25) is 4.79 Å². The molecule has 0 bridgehead atoms. The van der Waals surface area contributed by atoms with Gasteiger partial charge in [0.05, 0.1) is 12.3 Å². The molecule has 4 nitrogen and oxygen atoms in total. The summed E-state index contributed by atoms with van der Waals surface area (Å²) >= 11 is 0. The second kappa shape index (κ2) is 7.35. The van der Waals surface area contributed by atoms with Crippen molar-refractivity contribution in [2.24, 2.45) is 0 Å². The summed E-state index contributed by atoms with van der Waals surface area (Å²) in [6, 6.07) is 16.5. The first kappa shape index (κ1) is 17.5. The SMILES string of the molecule is Cc1cnc(C2CN(C(=O)Cc3cccc(F)c3)C2)n1Cc1ccccc1. The lowest BCUT2D eigenvalue weighted by molar-refractivity contribution is -0.135. The van der Waals surface area contributed by atoms with Crippen LogP contribution in [0.1, 0.15) is 28.6 Å². The standard InChI is InChI=1S/C22H22FN3O/c1-16-12-24-22(26(16)13-17-6-3-2-4-7-17)19-14-25(15-19)21(27)11-18-8-5-9-20(23)10-18/h2-10,12,19H,11,13-15H2,1H3. The Morgan fingerprint density at radius 3 is 2.59 bits per heavy atom. The van der Waals surface area contributed by atoms with Crippen LogP contribution >= 0.6 is 0 Å². The first-order chi connectivity index (χ1) is 13.1. The van der Waals surface area contributed by atoms with Gasteiger partial charge in [0.2, 0.25) is 5.91 Å². The molecular weight excluding hydrogens is 341 g/mol. The Morgan fingerprint density at radius 1 is 1.11 bits per heavy atom. The molecule has 2 heterocycles. The van der Waals surface area contributed by atoms with Crippen molar-refractivity contribution in [1.82, 2.24) is 14.5 Å². The second-order valence-electron chi connectivity index (χ2n) is 7.13. The van der Waals surface area contributed by atoms with Gasteiger partial charge in [-0.05, 0) is 30.2 Å². The first-order valence-electron chi connectivity index (χ1n) is 9.18. The lowest BCUT2D eigenvalue weighted by atomic mass is 9.97. The number of carbonyl (C=O) groups excluding carboxylic acids is 1. The van der Waals surface area contributed by atoms with E-state index in [-0.39, 0.29) is 24.1 Å². The molecule has 1 fully saturated rings. The number of imidazole rings is 1. The molecule has 0 saturated carbocycles. The molecule has 0 aliphatic carbocycles. The number of rotatable bonds is 5. The minimum Gasteiger partial charge on any atom is -0.341 e. The highest BCUT2D eigenvalue weighted by molar-refractivity contribution is 5.79. The molecule has 0 radical (unpaired) electrons. The van der Waals surface area contributed by atoms with Gasteiger partial charge in [-0.1, -0.05) is 42.5 Å². The van der Waals surface area contributed by atoms with Crippen LogP contribution in [-0.4, -0.2) is 33.4 Å². The van der Waals surface area contributed by atoms with Gasteiger partial charge in [0.15, 0.2) is 0 Å². The van der Waals surface area contributed by atoms with Gasteiger partial charge >= 0.3 is 0 Å². The van der Waals surface area contributed by atoms with Crippen molar-refractivity contribution in [1.29, 1.82) is 0 Å². The number of hydrogen-bond donors (Lipinski definition) is 0. The molecule has 1 aliphatic rings. The van der Waals surface area contributed by atoms with Crippen molar-refractivity contribution in [3.63, 3.8) is 0 Å². The summed E-state index contributed by atoms with van der Waals surface area (Å²) in [4.78, 5) is 18.9. The highest BCUT2D eigenvalue weighted by Crippen LogP contribution is 2.28. The van der Waals surface area contributed by atoms with E-state index in [4.69, 9.17) is 0 Å². The summed E-state index contributed by atoms with van der Waals surface area (Å²) in [6.07, 6.45) is 2.14. The second-order valence-corrected chi connectivity index (χ2v) is 7.13. The van der Waals surface area contributed by atoms with Crippen LogP contribution in [0.25, 0.3) is 0 Å². The Hall–Kier alpha value is -2.95. The summed E-state index contributed by atoms with van der Waals surface area (Å²) < 4.78 is 15.5. The Kier molecular flexibility index (Phi) is 4.75. The summed E-state index contributed by atoms with van der Waals surface area (Å²) in [5, 5.41) is 0. The van der Waals surface area contributed by atoms with E-state index in [2.05, 4.69) is 28.6 Å². The molecule has 2 aromatic carbocycles. The van der Waals surface area contributed by atoms with Crippen LogP contribution in [0.5, 0.6) is 0 Å². The number of aromatic nitrogens is 2. The van der Waals surface area contributed by atoms with E-state index >= 15 is 0 Å². The van der Waals surface area contributed by atoms with Crippen LogP contribution in [0.15, 0.2) is 60.8 Å². The number of halogens is 1. The third-order valence-corrected chi connectivity index (χ3v) is 5.11. The number of amides is 1. The van der Waals surface area contributed by atoms with E-state index in [1.165, 1.54) is 17.7 Å². The van der Waals surface area contributed by atoms with Crippen LogP contribution in [0.4, 0.5) is 4.39 Å². The monoisotopic (exact) mass is 363 g/mol. The molecule has 0 atom stereocenters. The molecule has 0 unspecified atom stereocenters. The minimum atomic E-state index is -0.305. The molecule has 5 heteroatoms. The largest absolute Gasteiger partial charge is 0.341 e. The van der Waals surface area contributed by atoms with Crippen molar-refractivity contribution in [2.75, 3.05) is 13.1 Å². The lowest BCUT2D eigenvalue weighted by Crippen LogP contribution is -2.49. The van der Waals surface area contributed by atoms with E-state index in [0.29, 0.717) is 18.7 Å². The van der Waals surface area contributed by atoms with E-state index in [0.717, 1.165) is 18.1 Å². The summed E-state index contributed by atoms with van der Waals surface area (Å²) in [6.45, 7) is 4.18. The van der Waals surface area contributed by atoms with E-state index in [1.807, 2.05) is 29.3 Å². The molecule has 1 saturated heterocycles. The average molecular weight is 363 g/mol. The van der Waals surface area contributed by atoms with Gasteiger partial charge in [0.25, 0.3) is 0 Å². The summed E-state index contributed by atoms with van der Waals surface area (Å²) in [7, 11) is 0. The van der Waals surface area contributed by atoms with Gasteiger partial charge in [-0.25, -0.2) is 9.37 Å². The normalized spacial score (nSPS) is 14.2. The number of aryl methyl sites for hydroxylation is 1. The zero-order valence-corrected chi connectivity index (χ0v) is 15.3. The van der Waals surface area contributed by atoms with E-state index in [1.54, 1.807) is 12.1 Å². The fraction of sp³-hybridized carbons (Fsp3) is 0.273. The van der Waals surface area contributed by atoms with Crippen LogP contribution in [0.3, 0.4) is 0 Å². The molecular formula is C22H22FN3O. The Bertz CT molecular complexity index is 945. The van der Waals surface area contributed by atoms with Crippen molar-refractivity contribution in [2.45, 2.75) is 25.8 Å². The van der Waals surface area contributed by atoms with Crippen LogP contribution in [-0.2, 0) is 17.8 Å². The van der Waals surface area contributed by atoms with Crippen LogP contribution < -0.4 is 0 Å². The third kappa shape index (κ3) is 3.77. The smallest absolute Gasteiger partial charge is 0.227 e. The topological polar surface area (TPSA) is 38.1 Å². The Labute approximate surface area is 158 Å². The van der Waals surface area contributed by atoms with E-state index < -0.39 is 0 Å². The van der Waals surface area contributed by atoms with Crippen LogP contribution in [0.2, 0.25) is 0 Å². The summed E-state index contributed by atoms with van der Waals surface area (Å²) in [5.74, 6) is 1.01. The maximum Gasteiger partial charge on any atom is 0.227 e. The van der Waals surface area contributed by atoms with Crippen molar-refractivity contribution < 1.29 is 9.18 Å². The highest BCUT2D eigenvalue weighted by atomic mass is 19.1. The third-order valence-electron chi connectivity index (χ3n) is 5.11. The molecule has 1 aliphatic heterocycles. The maximum absolute atomic E-state index is 13.3. The summed E-state index contributed by atoms with van der Waals surface area (Å²) in [5.41, 5.74) is 3.07. The lowest BCUT2D eigenvalue weighted by Gasteiger charge is -2.39. The predicted molar refractivity (Wildman–Crippen MR) is 102 cm³/mol. The molecule has 0 N–H and O–H groups in total. The Balaban J connectivity index is 1.40. The first-order valence-corrected chi connectivity index (χ1v) is 9.18. The predicted octanol–water partition coefficient (Wildman–Crippen LogP) is 3.55. The quantitative estimate of drug-likeness (QED) is 0.695. The average Bonchev–Trinajstić information content (AvgIpc) is 2.95. The molecule has 138 valence electrons. The van der Waals surface area contributed by atoms with Crippen molar-refractivity contribution in [3.8, 4) is 0 Å². The van der Waals surface area contributed by atoms with Crippen molar-refractivity contribution >= 4 is 5.91 Å². The fourth-order valence-corrected chi connectivity index (χ4v) is 3.56. The molecule has 4 rings (SSSR count). The van der Waals surface area contributed by atoms with Gasteiger partial charge in [0, 0.05) is 31.5 Å². The number of nitrogens with zero attached hydrogens (tertiary/aromatic N) is 3. The van der Waals surface area contributed by atoms with Gasteiger partial charge in [-0.15, -0.1) is 0 Å².